The summed E-state index contributed by atoms with van der Waals surface area (Å²) in [5.41, 5.74) is -0.837. The molecule has 10 heteroatoms. The highest BCUT2D eigenvalue weighted by Crippen LogP contribution is 2.24. The van der Waals surface area contributed by atoms with Crippen LogP contribution in [-0.2, 0) is 38.2 Å². The molecule has 10 nitrogen and oxygen atoms in total. The van der Waals surface area contributed by atoms with Crippen molar-refractivity contribution in [3.8, 4) is 0 Å². The number of carbonyl (C=O) groups is 6. The zero-order valence-corrected chi connectivity index (χ0v) is 17.2. The van der Waals surface area contributed by atoms with Crippen molar-refractivity contribution in [1.29, 1.82) is 0 Å². The Kier molecular flexibility index (Phi) is 12.7. The number of hydrogen-bond donors (Lipinski definition) is 1. The number of carbonyl (C=O) groups excluding carboxylic acids is 6. The molecule has 2 rings (SSSR count). The van der Waals surface area contributed by atoms with Crippen LogP contribution in [0.3, 0.4) is 0 Å². The normalized spacial score (nSPS) is 18.4. The second-order valence-electron chi connectivity index (χ2n) is 7.18. The van der Waals surface area contributed by atoms with E-state index in [1.807, 2.05) is 0 Å². The molecular weight excluding hydrogens is 422 g/mol. The summed E-state index contributed by atoms with van der Waals surface area (Å²) in [4.78, 5) is 65.6. The molecule has 0 radical (unpaired) electrons. The zero-order valence-electron chi connectivity index (χ0n) is 17.2. The molecule has 0 aromatic heterocycles. The van der Waals surface area contributed by atoms with Gasteiger partial charge in [-0.1, -0.05) is 28.0 Å². The Morgan fingerprint density at radius 1 is 0.906 bits per heavy atom. The Morgan fingerprint density at radius 2 is 1.25 bits per heavy atom. The molecule has 180 valence electrons. The molecule has 2 fully saturated rings. The van der Waals surface area contributed by atoms with Gasteiger partial charge in [-0.2, -0.15) is 0 Å². The molecule has 1 heterocycles. The quantitative estimate of drug-likeness (QED) is 0.276. The minimum Gasteiger partial charge on any atom is -0.458 e. The minimum atomic E-state index is -1.27. The van der Waals surface area contributed by atoms with Gasteiger partial charge in [-0.15, -0.1) is 0 Å². The van der Waals surface area contributed by atoms with Crippen LogP contribution in [0.5, 0.6) is 0 Å². The number of alkyl carbamates (subject to hydrolysis) is 1. The number of hydrogen-bond acceptors (Lipinski definition) is 9. The standard InChI is InChI=1S/C14H19NO6.C6H6O3.2CH4/c1-8(2)11(16)19-6-14(7-20-12(17)9(3)4)10(5)15-13(18)21-14;7-4-1-5(8)3-6(9)2-4;;/h10H,1,3,6-7H2,2,4-5H3,(H,15,18);1-3H2;2*1H4. The van der Waals surface area contributed by atoms with Gasteiger partial charge in [0.2, 0.25) is 5.60 Å². The van der Waals surface area contributed by atoms with Crippen LogP contribution in [0.25, 0.3) is 0 Å². The van der Waals surface area contributed by atoms with Crippen molar-refractivity contribution < 1.29 is 43.0 Å². The van der Waals surface area contributed by atoms with Gasteiger partial charge in [0.1, 0.15) is 30.6 Å². The average Bonchev–Trinajstić information content (AvgIpc) is 2.90. The molecule has 1 aliphatic heterocycles. The highest BCUT2D eigenvalue weighted by molar-refractivity contribution is 6.18. The van der Waals surface area contributed by atoms with E-state index in [0.717, 1.165) is 0 Å². The van der Waals surface area contributed by atoms with E-state index >= 15 is 0 Å². The van der Waals surface area contributed by atoms with E-state index in [0.29, 0.717) is 0 Å². The third-order valence-electron chi connectivity index (χ3n) is 4.19. The maximum absolute atomic E-state index is 11.5. The number of cyclic esters (lactones) is 1. The lowest BCUT2D eigenvalue weighted by Gasteiger charge is -2.29. The summed E-state index contributed by atoms with van der Waals surface area (Å²) in [6, 6.07) is -0.499. The lowest BCUT2D eigenvalue weighted by atomic mass is 9.97. The first-order valence-corrected chi connectivity index (χ1v) is 9.06. The van der Waals surface area contributed by atoms with Crippen molar-refractivity contribution in [1.82, 2.24) is 5.32 Å². The van der Waals surface area contributed by atoms with Gasteiger partial charge in [-0.25, -0.2) is 14.4 Å². The van der Waals surface area contributed by atoms with Crippen LogP contribution in [0.2, 0.25) is 0 Å². The molecule has 32 heavy (non-hydrogen) atoms. The smallest absolute Gasteiger partial charge is 0.408 e. The van der Waals surface area contributed by atoms with E-state index in [-0.39, 0.29) is 75.8 Å². The number of amides is 1. The molecule has 1 N–H and O–H groups in total. The van der Waals surface area contributed by atoms with Crippen LogP contribution in [0.15, 0.2) is 24.3 Å². The van der Waals surface area contributed by atoms with Gasteiger partial charge in [0.05, 0.1) is 25.3 Å². The van der Waals surface area contributed by atoms with Gasteiger partial charge in [0, 0.05) is 11.1 Å². The fourth-order valence-corrected chi connectivity index (χ4v) is 2.43. The Hall–Kier alpha value is -3.30. The molecule has 0 aromatic rings. The lowest BCUT2D eigenvalue weighted by Crippen LogP contribution is -2.50. The fraction of sp³-hybridized carbons (Fsp3) is 0.545. The van der Waals surface area contributed by atoms with E-state index in [4.69, 9.17) is 14.2 Å². The average molecular weight is 456 g/mol. The van der Waals surface area contributed by atoms with Crippen LogP contribution in [0, 0.1) is 0 Å². The molecule has 0 spiro atoms. The van der Waals surface area contributed by atoms with Crippen LogP contribution < -0.4 is 5.32 Å². The Bertz CT molecular complexity index is 722. The Morgan fingerprint density at radius 3 is 1.50 bits per heavy atom. The predicted octanol–water partition coefficient (Wildman–Crippen LogP) is 2.24. The van der Waals surface area contributed by atoms with E-state index in [1.54, 1.807) is 6.92 Å². The van der Waals surface area contributed by atoms with E-state index < -0.39 is 29.7 Å². The van der Waals surface area contributed by atoms with Crippen molar-refractivity contribution in [3.63, 3.8) is 0 Å². The third kappa shape index (κ3) is 9.23. The SMILES string of the molecule is C.C.C=C(C)C(=O)OCC1(COC(=O)C(=C)C)OC(=O)NC1C.O=C1CC(=O)CC(=O)C1. The number of Topliss-reactive ketones (excluding diaryl/α,β-unsaturated/α-hetero) is 3. The summed E-state index contributed by atoms with van der Waals surface area (Å²) in [6.07, 6.45) is -0.774. The number of nitrogens with one attached hydrogen (secondary N) is 1. The van der Waals surface area contributed by atoms with Gasteiger partial charge in [0.25, 0.3) is 0 Å². The second-order valence-corrected chi connectivity index (χ2v) is 7.18. The summed E-state index contributed by atoms with van der Waals surface area (Å²) in [5, 5.41) is 2.52. The highest BCUT2D eigenvalue weighted by atomic mass is 16.6. The molecule has 2 aliphatic rings. The first-order valence-electron chi connectivity index (χ1n) is 9.06. The largest absolute Gasteiger partial charge is 0.458 e. The zero-order chi connectivity index (χ0) is 23.1. The van der Waals surface area contributed by atoms with Crippen molar-refractivity contribution in [2.24, 2.45) is 0 Å². The van der Waals surface area contributed by atoms with Gasteiger partial charge in [-0.05, 0) is 20.8 Å². The summed E-state index contributed by atoms with van der Waals surface area (Å²) in [5.74, 6) is -1.95. The second kappa shape index (κ2) is 13.2. The van der Waals surface area contributed by atoms with Crippen LogP contribution in [0.1, 0.15) is 54.9 Å². The van der Waals surface area contributed by atoms with Gasteiger partial charge >= 0.3 is 18.0 Å². The van der Waals surface area contributed by atoms with E-state index in [1.165, 1.54) is 13.8 Å². The van der Waals surface area contributed by atoms with Crippen molar-refractivity contribution in [2.75, 3.05) is 13.2 Å². The number of ether oxygens (including phenoxy) is 3. The van der Waals surface area contributed by atoms with Gasteiger partial charge < -0.3 is 19.5 Å². The summed E-state index contributed by atoms with van der Waals surface area (Å²) < 4.78 is 15.2. The molecule has 0 aromatic carbocycles. The fourth-order valence-electron chi connectivity index (χ4n) is 2.43. The van der Waals surface area contributed by atoms with Crippen LogP contribution in [0.4, 0.5) is 4.79 Å². The molecule has 1 aliphatic carbocycles. The molecule has 1 atom stereocenters. The molecular formula is C22H33NO9. The Balaban J connectivity index is 0. The van der Waals surface area contributed by atoms with Crippen LogP contribution in [-0.4, -0.2) is 60.2 Å². The van der Waals surface area contributed by atoms with Crippen molar-refractivity contribution in [3.05, 3.63) is 24.3 Å². The number of esters is 2. The first kappa shape index (κ1) is 30.9. The van der Waals surface area contributed by atoms with Gasteiger partial charge in [-0.3, -0.25) is 14.4 Å². The monoisotopic (exact) mass is 455 g/mol. The Labute approximate surface area is 188 Å². The summed E-state index contributed by atoms with van der Waals surface area (Å²) >= 11 is 0. The maximum atomic E-state index is 11.5. The summed E-state index contributed by atoms with van der Waals surface area (Å²) in [6.45, 7) is 11.1. The van der Waals surface area contributed by atoms with E-state index in [2.05, 4.69) is 18.5 Å². The molecule has 1 saturated carbocycles. The first-order chi connectivity index (χ1) is 13.9. The molecule has 1 amide bonds. The highest BCUT2D eigenvalue weighted by Gasteiger charge is 2.49. The van der Waals surface area contributed by atoms with Crippen molar-refractivity contribution >= 4 is 35.4 Å². The van der Waals surface area contributed by atoms with Crippen LogP contribution >= 0.6 is 0 Å². The number of rotatable bonds is 6. The van der Waals surface area contributed by atoms with Gasteiger partial charge in [0.15, 0.2) is 0 Å². The minimum absolute atomic E-state index is 0. The topological polar surface area (TPSA) is 142 Å². The molecule has 0 bridgehead atoms. The predicted molar refractivity (Wildman–Crippen MR) is 116 cm³/mol. The number of ketones is 3. The maximum Gasteiger partial charge on any atom is 0.408 e. The third-order valence-corrected chi connectivity index (χ3v) is 4.19. The van der Waals surface area contributed by atoms with E-state index in [9.17, 15) is 28.8 Å². The van der Waals surface area contributed by atoms with Crippen molar-refractivity contribution in [2.45, 2.75) is 66.5 Å². The summed E-state index contributed by atoms with van der Waals surface area (Å²) in [7, 11) is 0. The molecule has 1 saturated heterocycles. The molecule has 1 unspecified atom stereocenters. The lowest BCUT2D eigenvalue weighted by molar-refractivity contribution is -0.156.